The fourth-order valence-electron chi connectivity index (χ4n) is 3.29. The van der Waals surface area contributed by atoms with Gasteiger partial charge in [0.25, 0.3) is 5.91 Å². The van der Waals surface area contributed by atoms with Crippen LogP contribution in [-0.4, -0.2) is 18.9 Å². The molecule has 2 aromatic carbocycles. The fraction of sp³-hybridized carbons (Fsp3) is 0.333. The maximum absolute atomic E-state index is 13.1. The minimum absolute atomic E-state index is 0.0984. The predicted molar refractivity (Wildman–Crippen MR) is 104 cm³/mol. The molecule has 0 fully saturated rings. The van der Waals surface area contributed by atoms with Crippen LogP contribution in [0.4, 0.5) is 11.4 Å². The number of hydrogen-bond donors (Lipinski definition) is 2. The number of carbonyl (C=O) groups is 2. The summed E-state index contributed by atoms with van der Waals surface area (Å²) >= 11 is 0. The van der Waals surface area contributed by atoms with E-state index in [1.807, 2.05) is 36.4 Å². The first-order valence-electron chi connectivity index (χ1n) is 9.10. The highest BCUT2D eigenvalue weighted by molar-refractivity contribution is 6.08. The second-order valence-corrected chi connectivity index (χ2v) is 6.52. The smallest absolute Gasteiger partial charge is 0.253 e. The minimum Gasteiger partial charge on any atom is -0.359 e. The summed E-state index contributed by atoms with van der Waals surface area (Å²) in [5.74, 6) is -0.694. The van der Waals surface area contributed by atoms with Gasteiger partial charge in [-0.1, -0.05) is 38.1 Å². The van der Waals surface area contributed by atoms with Gasteiger partial charge in [0.2, 0.25) is 5.91 Å². The van der Waals surface area contributed by atoms with E-state index in [0.717, 1.165) is 35.3 Å². The molecule has 5 nitrogen and oxygen atoms in total. The summed E-state index contributed by atoms with van der Waals surface area (Å²) in [7, 11) is 1.59. The lowest BCUT2D eigenvalue weighted by atomic mass is 9.95. The predicted octanol–water partition coefficient (Wildman–Crippen LogP) is 3.40. The number of rotatable bonds is 6. The number of hydrazine groups is 1. The molecule has 5 heteroatoms. The number of aryl methyl sites for hydroxylation is 2. The van der Waals surface area contributed by atoms with Crippen molar-refractivity contribution in [1.82, 2.24) is 5.32 Å². The summed E-state index contributed by atoms with van der Waals surface area (Å²) in [6.45, 7) is 4.19. The number of nitrogens with one attached hydrogen (secondary N) is 2. The summed E-state index contributed by atoms with van der Waals surface area (Å²) in [6, 6.07) is 14.1. The monoisotopic (exact) mass is 351 g/mol. The summed E-state index contributed by atoms with van der Waals surface area (Å²) in [6.07, 6.45) is 1.97. The van der Waals surface area contributed by atoms with Crippen LogP contribution in [0, 0.1) is 0 Å². The van der Waals surface area contributed by atoms with E-state index in [1.165, 1.54) is 5.56 Å². The van der Waals surface area contributed by atoms with Crippen LogP contribution in [0.2, 0.25) is 0 Å². The van der Waals surface area contributed by atoms with E-state index in [9.17, 15) is 9.59 Å². The van der Waals surface area contributed by atoms with Gasteiger partial charge in [0.1, 0.15) is 0 Å². The van der Waals surface area contributed by atoms with E-state index in [-0.39, 0.29) is 18.2 Å². The van der Waals surface area contributed by atoms with Crippen molar-refractivity contribution in [2.75, 3.05) is 17.5 Å². The average Bonchev–Trinajstić information content (AvgIpc) is 2.93. The molecule has 1 aliphatic rings. The molecule has 2 aromatic rings. The number of amides is 2. The highest BCUT2D eigenvalue weighted by Gasteiger charge is 2.38. The van der Waals surface area contributed by atoms with Crippen LogP contribution in [0.15, 0.2) is 42.5 Å². The fourth-order valence-corrected chi connectivity index (χ4v) is 3.29. The molecular formula is C21H25N3O2. The Kier molecular flexibility index (Phi) is 5.26. The summed E-state index contributed by atoms with van der Waals surface area (Å²) in [5.41, 5.74) is 8.21. The van der Waals surface area contributed by atoms with Crippen molar-refractivity contribution in [3.05, 3.63) is 59.2 Å². The third-order valence-corrected chi connectivity index (χ3v) is 4.88. The molecule has 136 valence electrons. The zero-order chi connectivity index (χ0) is 18.7. The van der Waals surface area contributed by atoms with Crippen LogP contribution in [0.3, 0.4) is 0 Å². The molecule has 0 saturated carbocycles. The third kappa shape index (κ3) is 3.43. The Bertz CT molecular complexity index is 832. The Morgan fingerprint density at radius 1 is 1.08 bits per heavy atom. The number of fused-ring (bicyclic) bond motifs is 1. The normalized spacial score (nSPS) is 15.7. The molecule has 1 heterocycles. The molecule has 0 bridgehead atoms. The van der Waals surface area contributed by atoms with Gasteiger partial charge in [0.05, 0.1) is 17.3 Å². The molecule has 0 spiro atoms. The average molecular weight is 351 g/mol. The first-order chi connectivity index (χ1) is 12.6. The van der Waals surface area contributed by atoms with Crippen molar-refractivity contribution >= 4 is 23.2 Å². The highest BCUT2D eigenvalue weighted by Crippen LogP contribution is 2.40. The maximum atomic E-state index is 13.1. The van der Waals surface area contributed by atoms with Gasteiger partial charge >= 0.3 is 0 Å². The van der Waals surface area contributed by atoms with Crippen molar-refractivity contribution in [1.29, 1.82) is 0 Å². The van der Waals surface area contributed by atoms with Gasteiger partial charge in [-0.05, 0) is 47.7 Å². The molecule has 1 aliphatic heterocycles. The lowest BCUT2D eigenvalue weighted by Crippen LogP contribution is -2.35. The Morgan fingerprint density at radius 3 is 2.50 bits per heavy atom. The number of anilines is 2. The molecule has 2 amide bonds. The second-order valence-electron chi connectivity index (χ2n) is 6.52. The molecule has 0 aliphatic carbocycles. The zero-order valence-corrected chi connectivity index (χ0v) is 15.5. The van der Waals surface area contributed by atoms with Gasteiger partial charge in [-0.15, -0.1) is 0 Å². The van der Waals surface area contributed by atoms with Crippen molar-refractivity contribution in [3.63, 3.8) is 0 Å². The van der Waals surface area contributed by atoms with Gasteiger partial charge < -0.3 is 5.32 Å². The third-order valence-electron chi connectivity index (χ3n) is 4.88. The van der Waals surface area contributed by atoms with Crippen LogP contribution < -0.4 is 15.8 Å². The van der Waals surface area contributed by atoms with Crippen molar-refractivity contribution in [2.24, 2.45) is 0 Å². The van der Waals surface area contributed by atoms with Gasteiger partial charge in [0, 0.05) is 13.5 Å². The summed E-state index contributed by atoms with van der Waals surface area (Å²) < 4.78 is 0. The molecule has 1 atom stereocenters. The van der Waals surface area contributed by atoms with Crippen LogP contribution in [0.25, 0.3) is 0 Å². The van der Waals surface area contributed by atoms with E-state index in [1.54, 1.807) is 12.1 Å². The Balaban J connectivity index is 1.96. The van der Waals surface area contributed by atoms with E-state index < -0.39 is 5.92 Å². The van der Waals surface area contributed by atoms with Gasteiger partial charge in [-0.3, -0.25) is 15.0 Å². The molecule has 3 rings (SSSR count). The Hall–Kier alpha value is -2.82. The molecule has 0 aromatic heterocycles. The molecule has 26 heavy (non-hydrogen) atoms. The molecule has 2 N–H and O–H groups in total. The van der Waals surface area contributed by atoms with Gasteiger partial charge in [-0.25, -0.2) is 5.01 Å². The van der Waals surface area contributed by atoms with E-state index in [0.29, 0.717) is 0 Å². The standard InChI is InChI=1S/C21H25N3O2/c1-4-14-7-6-8-16(11-14)23-24-19-12-15(5-2)9-10-17(19)18(21(24)26)13-20(25)22-3/h6-12,18,23H,4-5,13H2,1-3H3,(H,22,25). The highest BCUT2D eigenvalue weighted by atomic mass is 16.2. The minimum atomic E-state index is -0.460. The van der Waals surface area contributed by atoms with Crippen LogP contribution in [-0.2, 0) is 22.4 Å². The van der Waals surface area contributed by atoms with Crippen LogP contribution in [0.5, 0.6) is 0 Å². The maximum Gasteiger partial charge on any atom is 0.253 e. The number of hydrogen-bond acceptors (Lipinski definition) is 3. The lowest BCUT2D eigenvalue weighted by molar-refractivity contribution is -0.125. The van der Waals surface area contributed by atoms with Crippen molar-refractivity contribution in [3.8, 4) is 0 Å². The number of benzene rings is 2. The van der Waals surface area contributed by atoms with E-state index in [2.05, 4.69) is 30.7 Å². The molecular weight excluding hydrogens is 326 g/mol. The first kappa shape index (κ1) is 18.0. The lowest BCUT2D eigenvalue weighted by Gasteiger charge is -2.21. The zero-order valence-electron chi connectivity index (χ0n) is 15.5. The Morgan fingerprint density at radius 2 is 1.81 bits per heavy atom. The molecule has 0 saturated heterocycles. The Labute approximate surface area is 154 Å². The van der Waals surface area contributed by atoms with E-state index in [4.69, 9.17) is 0 Å². The van der Waals surface area contributed by atoms with Crippen molar-refractivity contribution < 1.29 is 9.59 Å². The molecule has 1 unspecified atom stereocenters. The summed E-state index contributed by atoms with van der Waals surface area (Å²) in [5, 5.41) is 4.21. The SMILES string of the molecule is CCc1cccc(NN2C(=O)C(CC(=O)NC)c3ccc(CC)cc32)c1. The topological polar surface area (TPSA) is 61.4 Å². The van der Waals surface area contributed by atoms with E-state index >= 15 is 0 Å². The van der Waals surface area contributed by atoms with Crippen LogP contribution >= 0.6 is 0 Å². The van der Waals surface area contributed by atoms with Crippen LogP contribution in [0.1, 0.15) is 42.9 Å². The van der Waals surface area contributed by atoms with Gasteiger partial charge in [0.15, 0.2) is 0 Å². The first-order valence-corrected chi connectivity index (χ1v) is 9.10. The second kappa shape index (κ2) is 7.60. The largest absolute Gasteiger partial charge is 0.359 e. The summed E-state index contributed by atoms with van der Waals surface area (Å²) in [4.78, 5) is 24.9. The number of carbonyl (C=O) groups excluding carboxylic acids is 2. The molecule has 0 radical (unpaired) electrons. The quantitative estimate of drug-likeness (QED) is 0.838. The van der Waals surface area contributed by atoms with Gasteiger partial charge in [-0.2, -0.15) is 0 Å². The van der Waals surface area contributed by atoms with Crippen molar-refractivity contribution in [2.45, 2.75) is 39.0 Å². The number of nitrogens with zero attached hydrogens (tertiary/aromatic N) is 1.